The minimum Gasteiger partial charge on any atom is -0.319 e. The third-order valence-corrected chi connectivity index (χ3v) is 4.65. The summed E-state index contributed by atoms with van der Waals surface area (Å²) in [7, 11) is 0. The van der Waals surface area contributed by atoms with E-state index in [0.29, 0.717) is 0 Å². The van der Waals surface area contributed by atoms with E-state index in [0.717, 1.165) is 6.04 Å². The summed E-state index contributed by atoms with van der Waals surface area (Å²) in [5.74, 6) is 0. The van der Waals surface area contributed by atoms with Gasteiger partial charge in [-0.1, -0.05) is 30.3 Å². The van der Waals surface area contributed by atoms with Crippen LogP contribution in [0.1, 0.15) is 31.2 Å². The largest absolute Gasteiger partial charge is 0.319 e. The van der Waals surface area contributed by atoms with Crippen LogP contribution in [0.3, 0.4) is 0 Å². The molecule has 0 saturated carbocycles. The second-order valence-corrected chi connectivity index (χ2v) is 6.12. The van der Waals surface area contributed by atoms with Gasteiger partial charge in [0.15, 0.2) is 0 Å². The molecule has 18 heavy (non-hydrogen) atoms. The molecule has 1 aromatic rings. The standard InChI is InChI=1S/C16H25N2/c1-2-7-15(8-3-1)13-18(11-4-5-12-18)14-16-9-6-10-17-16/h1-3,7-8,16-17H,4-6,9-14H2/q+1/t16-/m0/s1. The Balaban J connectivity index is 1.70. The van der Waals surface area contributed by atoms with E-state index in [1.54, 1.807) is 0 Å². The number of benzene rings is 1. The van der Waals surface area contributed by atoms with Crippen LogP contribution in [0.15, 0.2) is 30.3 Å². The Kier molecular flexibility index (Phi) is 3.67. The SMILES string of the molecule is c1ccc(C[N+]2(C[C@@H]3CCCN3)CCCC2)cc1. The fourth-order valence-electron chi connectivity index (χ4n) is 3.76. The molecule has 2 nitrogen and oxygen atoms in total. The Hall–Kier alpha value is -0.860. The van der Waals surface area contributed by atoms with Crippen LogP contribution < -0.4 is 5.32 Å². The van der Waals surface area contributed by atoms with Crippen molar-refractivity contribution in [2.75, 3.05) is 26.2 Å². The maximum Gasteiger partial charge on any atom is 0.104 e. The summed E-state index contributed by atoms with van der Waals surface area (Å²) in [6, 6.07) is 11.8. The van der Waals surface area contributed by atoms with Crippen molar-refractivity contribution in [1.82, 2.24) is 5.32 Å². The van der Waals surface area contributed by atoms with Crippen molar-refractivity contribution in [3.05, 3.63) is 35.9 Å². The maximum absolute atomic E-state index is 3.68. The molecule has 1 atom stereocenters. The Bertz CT molecular complexity index is 362. The van der Waals surface area contributed by atoms with E-state index < -0.39 is 0 Å². The number of likely N-dealkylation sites (tertiary alicyclic amines) is 1. The fourth-order valence-corrected chi connectivity index (χ4v) is 3.76. The first-order valence-corrected chi connectivity index (χ1v) is 7.49. The van der Waals surface area contributed by atoms with E-state index in [1.807, 2.05) is 0 Å². The molecule has 2 heterocycles. The van der Waals surface area contributed by atoms with Crippen molar-refractivity contribution >= 4 is 0 Å². The predicted molar refractivity (Wildman–Crippen MR) is 75.3 cm³/mol. The first kappa shape index (κ1) is 12.2. The van der Waals surface area contributed by atoms with Crippen molar-refractivity contribution < 1.29 is 4.48 Å². The summed E-state index contributed by atoms with van der Waals surface area (Å²) in [6.07, 6.45) is 5.59. The third-order valence-electron chi connectivity index (χ3n) is 4.65. The van der Waals surface area contributed by atoms with Crippen LogP contribution in [0.2, 0.25) is 0 Å². The van der Waals surface area contributed by atoms with E-state index >= 15 is 0 Å². The summed E-state index contributed by atoms with van der Waals surface area (Å²) in [6.45, 7) is 6.57. The van der Waals surface area contributed by atoms with Crippen LogP contribution in [0.4, 0.5) is 0 Å². The van der Waals surface area contributed by atoms with Crippen LogP contribution in [0.5, 0.6) is 0 Å². The second-order valence-electron chi connectivity index (χ2n) is 6.12. The highest BCUT2D eigenvalue weighted by atomic mass is 15.4. The summed E-state index contributed by atoms with van der Waals surface area (Å²) in [5, 5.41) is 3.68. The molecule has 2 aliphatic heterocycles. The smallest absolute Gasteiger partial charge is 0.104 e. The van der Waals surface area contributed by atoms with Crippen LogP contribution >= 0.6 is 0 Å². The average Bonchev–Trinajstić information content (AvgIpc) is 3.03. The van der Waals surface area contributed by atoms with Crippen molar-refractivity contribution in [3.8, 4) is 0 Å². The maximum atomic E-state index is 3.68. The van der Waals surface area contributed by atoms with E-state index in [-0.39, 0.29) is 0 Å². The van der Waals surface area contributed by atoms with Gasteiger partial charge in [0.1, 0.15) is 6.54 Å². The summed E-state index contributed by atoms with van der Waals surface area (Å²) < 4.78 is 1.32. The van der Waals surface area contributed by atoms with Crippen molar-refractivity contribution in [3.63, 3.8) is 0 Å². The molecule has 2 heteroatoms. The quantitative estimate of drug-likeness (QED) is 0.804. The molecule has 0 amide bonds. The Morgan fingerprint density at radius 3 is 2.50 bits per heavy atom. The topological polar surface area (TPSA) is 12.0 Å². The Morgan fingerprint density at radius 1 is 1.06 bits per heavy atom. The Labute approximate surface area is 111 Å². The zero-order valence-corrected chi connectivity index (χ0v) is 11.3. The van der Waals surface area contributed by atoms with Gasteiger partial charge in [-0.15, -0.1) is 0 Å². The molecule has 0 bridgehead atoms. The molecule has 1 N–H and O–H groups in total. The highest BCUT2D eigenvalue weighted by Crippen LogP contribution is 2.25. The van der Waals surface area contributed by atoms with Crippen LogP contribution in [-0.4, -0.2) is 36.7 Å². The number of hydrogen-bond acceptors (Lipinski definition) is 1. The first-order chi connectivity index (χ1) is 8.86. The van der Waals surface area contributed by atoms with Gasteiger partial charge in [0.2, 0.25) is 0 Å². The number of nitrogens with one attached hydrogen (secondary N) is 1. The highest BCUT2D eigenvalue weighted by Gasteiger charge is 2.35. The second kappa shape index (κ2) is 5.41. The van der Waals surface area contributed by atoms with Gasteiger partial charge in [0.25, 0.3) is 0 Å². The van der Waals surface area contributed by atoms with E-state index in [4.69, 9.17) is 0 Å². The molecule has 0 unspecified atom stereocenters. The summed E-state index contributed by atoms with van der Waals surface area (Å²) >= 11 is 0. The van der Waals surface area contributed by atoms with Crippen LogP contribution in [0, 0.1) is 0 Å². The lowest BCUT2D eigenvalue weighted by Crippen LogP contribution is -2.51. The molecule has 0 radical (unpaired) electrons. The lowest BCUT2D eigenvalue weighted by Gasteiger charge is -2.36. The monoisotopic (exact) mass is 245 g/mol. The molecular weight excluding hydrogens is 220 g/mol. The van der Waals surface area contributed by atoms with Gasteiger partial charge in [-0.2, -0.15) is 0 Å². The van der Waals surface area contributed by atoms with Gasteiger partial charge >= 0.3 is 0 Å². The summed E-state index contributed by atoms with van der Waals surface area (Å²) in [4.78, 5) is 0. The molecule has 2 fully saturated rings. The molecular formula is C16H25N2+. The van der Waals surface area contributed by atoms with Crippen LogP contribution in [-0.2, 0) is 6.54 Å². The van der Waals surface area contributed by atoms with Crippen molar-refractivity contribution in [1.29, 1.82) is 0 Å². The van der Waals surface area contributed by atoms with E-state index in [1.165, 1.54) is 68.5 Å². The van der Waals surface area contributed by atoms with E-state index in [2.05, 4.69) is 35.6 Å². The lowest BCUT2D eigenvalue weighted by molar-refractivity contribution is -0.930. The van der Waals surface area contributed by atoms with Gasteiger partial charge in [-0.25, -0.2) is 0 Å². The third kappa shape index (κ3) is 2.76. The Morgan fingerprint density at radius 2 is 1.83 bits per heavy atom. The molecule has 98 valence electrons. The number of nitrogens with zero attached hydrogens (tertiary/aromatic N) is 1. The van der Waals surface area contributed by atoms with Crippen LogP contribution in [0.25, 0.3) is 0 Å². The van der Waals surface area contributed by atoms with Gasteiger partial charge in [0, 0.05) is 18.4 Å². The first-order valence-electron chi connectivity index (χ1n) is 7.49. The average molecular weight is 245 g/mol. The zero-order valence-electron chi connectivity index (χ0n) is 11.3. The number of quaternary nitrogens is 1. The van der Waals surface area contributed by atoms with E-state index in [9.17, 15) is 0 Å². The molecule has 2 aliphatic rings. The molecule has 0 aromatic heterocycles. The molecule has 0 spiro atoms. The molecule has 0 aliphatic carbocycles. The van der Waals surface area contributed by atoms with Crippen molar-refractivity contribution in [2.24, 2.45) is 0 Å². The number of hydrogen-bond donors (Lipinski definition) is 1. The highest BCUT2D eigenvalue weighted by molar-refractivity contribution is 5.13. The predicted octanol–water partition coefficient (Wildman–Crippen LogP) is 2.55. The van der Waals surface area contributed by atoms with Crippen molar-refractivity contribution in [2.45, 2.75) is 38.3 Å². The lowest BCUT2D eigenvalue weighted by atomic mass is 10.1. The zero-order chi connectivity index (χ0) is 12.3. The fraction of sp³-hybridized carbons (Fsp3) is 0.625. The van der Waals surface area contributed by atoms with Gasteiger partial charge < -0.3 is 9.80 Å². The minimum atomic E-state index is 0.770. The molecule has 2 saturated heterocycles. The molecule has 3 rings (SSSR count). The normalized spacial score (nSPS) is 26.6. The summed E-state index contributed by atoms with van der Waals surface area (Å²) in [5.41, 5.74) is 1.51. The van der Waals surface area contributed by atoms with Gasteiger partial charge in [0.05, 0.1) is 25.7 Å². The molecule has 1 aromatic carbocycles. The minimum absolute atomic E-state index is 0.770. The number of rotatable bonds is 4. The van der Waals surface area contributed by atoms with Gasteiger partial charge in [-0.3, -0.25) is 0 Å². The van der Waals surface area contributed by atoms with Gasteiger partial charge in [-0.05, 0) is 19.4 Å².